The first-order valence-electron chi connectivity index (χ1n) is 7.29. The second-order valence-electron chi connectivity index (χ2n) is 5.46. The summed E-state index contributed by atoms with van der Waals surface area (Å²) in [5.41, 5.74) is 0. The van der Waals surface area contributed by atoms with Crippen LogP contribution in [-0.4, -0.2) is 44.2 Å². The molecule has 0 saturated carbocycles. The van der Waals surface area contributed by atoms with Gasteiger partial charge in [0.1, 0.15) is 5.76 Å². The molecule has 0 atom stereocenters. The first kappa shape index (κ1) is 15.1. The van der Waals surface area contributed by atoms with Crippen LogP contribution < -0.4 is 5.32 Å². The number of piperidine rings is 1. The summed E-state index contributed by atoms with van der Waals surface area (Å²) in [4.78, 5) is 13.7. The Morgan fingerprint density at radius 2 is 2.20 bits per heavy atom. The lowest BCUT2D eigenvalue weighted by molar-refractivity contribution is 0.0563. The Bertz CT molecular complexity index is 423. The minimum absolute atomic E-state index is 0.259. The number of furan rings is 1. The van der Waals surface area contributed by atoms with E-state index >= 15 is 0 Å². The van der Waals surface area contributed by atoms with Crippen molar-refractivity contribution in [2.75, 3.05) is 33.3 Å². The molecule has 2 heterocycles. The lowest BCUT2D eigenvalue weighted by Crippen LogP contribution is -2.37. The molecule has 2 rings (SSSR count). The molecule has 0 spiro atoms. The molecule has 0 amide bonds. The van der Waals surface area contributed by atoms with Crippen molar-refractivity contribution in [2.24, 2.45) is 5.92 Å². The molecule has 1 aromatic heterocycles. The Balaban J connectivity index is 1.63. The van der Waals surface area contributed by atoms with Gasteiger partial charge in [-0.05, 0) is 44.0 Å². The third-order valence-electron chi connectivity index (χ3n) is 3.83. The van der Waals surface area contributed by atoms with E-state index in [1.165, 1.54) is 33.0 Å². The van der Waals surface area contributed by atoms with E-state index < -0.39 is 5.97 Å². The van der Waals surface area contributed by atoms with E-state index in [4.69, 9.17) is 4.42 Å². The van der Waals surface area contributed by atoms with Gasteiger partial charge in [-0.15, -0.1) is 0 Å². The molecular weight excluding hydrogens is 256 g/mol. The van der Waals surface area contributed by atoms with E-state index in [0.29, 0.717) is 6.54 Å². The number of nitrogens with zero attached hydrogens (tertiary/aromatic N) is 1. The lowest BCUT2D eigenvalue weighted by atomic mass is 9.99. The first-order chi connectivity index (χ1) is 9.69. The highest BCUT2D eigenvalue weighted by Gasteiger charge is 2.15. The van der Waals surface area contributed by atoms with Crippen LogP contribution in [-0.2, 0) is 11.3 Å². The van der Waals surface area contributed by atoms with Crippen molar-refractivity contribution in [3.8, 4) is 0 Å². The summed E-state index contributed by atoms with van der Waals surface area (Å²) in [7, 11) is 1.35. The molecule has 0 radical (unpaired) electrons. The minimum atomic E-state index is -0.432. The SMILES string of the molecule is COC(=O)c1ccc(CNCCN2CCC(C)CC2)o1. The van der Waals surface area contributed by atoms with Crippen LogP contribution in [0.1, 0.15) is 36.1 Å². The van der Waals surface area contributed by atoms with Gasteiger partial charge in [0.2, 0.25) is 5.76 Å². The first-order valence-corrected chi connectivity index (χ1v) is 7.29. The maximum Gasteiger partial charge on any atom is 0.373 e. The smallest absolute Gasteiger partial charge is 0.373 e. The Kier molecular flexibility index (Phi) is 5.61. The second-order valence-corrected chi connectivity index (χ2v) is 5.46. The Hall–Kier alpha value is -1.33. The topological polar surface area (TPSA) is 54.7 Å². The number of carbonyl (C=O) groups excluding carboxylic acids is 1. The molecule has 1 aliphatic heterocycles. The van der Waals surface area contributed by atoms with E-state index in [2.05, 4.69) is 21.9 Å². The molecule has 1 N–H and O–H groups in total. The van der Waals surface area contributed by atoms with E-state index in [0.717, 1.165) is 24.8 Å². The maximum absolute atomic E-state index is 11.2. The minimum Gasteiger partial charge on any atom is -0.463 e. The van der Waals surface area contributed by atoms with Crippen LogP contribution in [0, 0.1) is 5.92 Å². The normalized spacial score (nSPS) is 17.3. The Morgan fingerprint density at radius 1 is 1.45 bits per heavy atom. The molecule has 0 unspecified atom stereocenters. The van der Waals surface area contributed by atoms with Gasteiger partial charge in [-0.3, -0.25) is 0 Å². The van der Waals surface area contributed by atoms with Crippen LogP contribution in [0.4, 0.5) is 0 Å². The molecule has 0 bridgehead atoms. The van der Waals surface area contributed by atoms with Crippen LogP contribution >= 0.6 is 0 Å². The highest BCUT2D eigenvalue weighted by molar-refractivity contribution is 5.86. The monoisotopic (exact) mass is 280 g/mol. The number of ether oxygens (including phenoxy) is 1. The van der Waals surface area contributed by atoms with Gasteiger partial charge in [0.15, 0.2) is 0 Å². The van der Waals surface area contributed by atoms with Crippen LogP contribution in [0.25, 0.3) is 0 Å². The van der Waals surface area contributed by atoms with Crippen molar-refractivity contribution < 1.29 is 13.9 Å². The summed E-state index contributed by atoms with van der Waals surface area (Å²) in [6, 6.07) is 3.46. The molecular formula is C15H24N2O3. The number of methoxy groups -OCH3 is 1. The molecule has 20 heavy (non-hydrogen) atoms. The number of hydrogen-bond donors (Lipinski definition) is 1. The van der Waals surface area contributed by atoms with Gasteiger partial charge in [0.25, 0.3) is 0 Å². The quantitative estimate of drug-likeness (QED) is 0.637. The fraction of sp³-hybridized carbons (Fsp3) is 0.667. The fourth-order valence-corrected chi connectivity index (χ4v) is 2.42. The molecule has 1 aliphatic rings. The van der Waals surface area contributed by atoms with Gasteiger partial charge in [-0.2, -0.15) is 0 Å². The molecule has 1 fully saturated rings. The molecule has 112 valence electrons. The standard InChI is InChI=1S/C15H24N2O3/c1-12-5-8-17(9-6-12)10-7-16-11-13-3-4-14(20-13)15(18)19-2/h3-4,12,16H,5-11H2,1-2H3. The molecule has 1 saturated heterocycles. The number of nitrogens with one attached hydrogen (secondary N) is 1. The van der Waals surface area contributed by atoms with Gasteiger partial charge in [0.05, 0.1) is 13.7 Å². The summed E-state index contributed by atoms with van der Waals surface area (Å²) in [5, 5.41) is 3.34. The maximum atomic E-state index is 11.2. The van der Waals surface area contributed by atoms with Gasteiger partial charge < -0.3 is 19.4 Å². The number of rotatable bonds is 6. The summed E-state index contributed by atoms with van der Waals surface area (Å²) < 4.78 is 10.00. The highest BCUT2D eigenvalue weighted by atomic mass is 16.5. The van der Waals surface area contributed by atoms with Crippen molar-refractivity contribution in [3.05, 3.63) is 23.7 Å². The summed E-state index contributed by atoms with van der Waals surface area (Å²) in [6.45, 7) is 7.37. The van der Waals surface area contributed by atoms with Gasteiger partial charge in [0, 0.05) is 13.1 Å². The van der Waals surface area contributed by atoms with Crippen LogP contribution in [0.2, 0.25) is 0 Å². The van der Waals surface area contributed by atoms with Gasteiger partial charge >= 0.3 is 5.97 Å². The molecule has 1 aromatic rings. The zero-order valence-corrected chi connectivity index (χ0v) is 12.4. The average Bonchev–Trinajstić information content (AvgIpc) is 2.93. The number of esters is 1. The zero-order chi connectivity index (χ0) is 14.4. The van der Waals surface area contributed by atoms with Crippen LogP contribution in [0.5, 0.6) is 0 Å². The van der Waals surface area contributed by atoms with Crippen molar-refractivity contribution in [1.82, 2.24) is 10.2 Å². The summed E-state index contributed by atoms with van der Waals surface area (Å²) in [5.74, 6) is 1.46. The zero-order valence-electron chi connectivity index (χ0n) is 12.4. The van der Waals surface area contributed by atoms with Gasteiger partial charge in [-0.25, -0.2) is 4.79 Å². The lowest BCUT2D eigenvalue weighted by Gasteiger charge is -2.30. The molecule has 0 aromatic carbocycles. The van der Waals surface area contributed by atoms with Gasteiger partial charge in [-0.1, -0.05) is 6.92 Å². The number of carbonyl (C=O) groups is 1. The van der Waals surface area contributed by atoms with Crippen molar-refractivity contribution >= 4 is 5.97 Å². The fourth-order valence-electron chi connectivity index (χ4n) is 2.42. The Morgan fingerprint density at radius 3 is 2.90 bits per heavy atom. The Labute approximate surface area is 120 Å². The van der Waals surface area contributed by atoms with E-state index in [9.17, 15) is 4.79 Å². The van der Waals surface area contributed by atoms with E-state index in [1.54, 1.807) is 6.07 Å². The van der Waals surface area contributed by atoms with Crippen LogP contribution in [0.3, 0.4) is 0 Å². The molecule has 5 heteroatoms. The molecule has 0 aliphatic carbocycles. The molecule has 5 nitrogen and oxygen atoms in total. The number of likely N-dealkylation sites (tertiary alicyclic amines) is 1. The van der Waals surface area contributed by atoms with Crippen molar-refractivity contribution in [3.63, 3.8) is 0 Å². The largest absolute Gasteiger partial charge is 0.463 e. The van der Waals surface area contributed by atoms with E-state index in [-0.39, 0.29) is 5.76 Å². The second kappa shape index (κ2) is 7.45. The highest BCUT2D eigenvalue weighted by Crippen LogP contribution is 2.15. The van der Waals surface area contributed by atoms with E-state index in [1.807, 2.05) is 6.07 Å². The summed E-state index contributed by atoms with van der Waals surface area (Å²) >= 11 is 0. The van der Waals surface area contributed by atoms with Crippen molar-refractivity contribution in [1.29, 1.82) is 0 Å². The average molecular weight is 280 g/mol. The third-order valence-corrected chi connectivity index (χ3v) is 3.83. The third kappa shape index (κ3) is 4.35. The van der Waals surface area contributed by atoms with Crippen LogP contribution in [0.15, 0.2) is 16.5 Å². The predicted octanol–water partition coefficient (Wildman–Crippen LogP) is 1.89. The van der Waals surface area contributed by atoms with Crippen molar-refractivity contribution in [2.45, 2.75) is 26.3 Å². The number of hydrogen-bond acceptors (Lipinski definition) is 5. The summed E-state index contributed by atoms with van der Waals surface area (Å²) in [6.07, 6.45) is 2.61. The predicted molar refractivity (Wildman–Crippen MR) is 76.6 cm³/mol.